The minimum Gasteiger partial charge on any atom is -0.326 e. The van der Waals surface area contributed by atoms with Gasteiger partial charge in [0.25, 0.3) is 10.0 Å². The third kappa shape index (κ3) is 3.30. The molecule has 0 radical (unpaired) electrons. The molecule has 0 amide bonds. The van der Waals surface area contributed by atoms with Gasteiger partial charge >= 0.3 is 0 Å². The van der Waals surface area contributed by atoms with Gasteiger partial charge in [0.05, 0.1) is 4.90 Å². The number of halogens is 1. The molecule has 0 fully saturated rings. The molecule has 6 heteroatoms. The normalized spacial score (nSPS) is 11.3. The largest absolute Gasteiger partial charge is 0.326 e. The molecule has 0 aliphatic carbocycles. The van der Waals surface area contributed by atoms with Crippen LogP contribution in [0, 0.1) is 6.92 Å². The molecule has 0 aliphatic heterocycles. The standard InChI is InChI=1S/C14H15ClN2O2S/c1-10-3-2-4-12(7-10)17-20(18,19)13-6-5-11(9-16)14(15)8-13/h2-8,17H,9,16H2,1H3. The number of hydrogen-bond donors (Lipinski definition) is 2. The first-order valence-corrected chi connectivity index (χ1v) is 7.86. The lowest BCUT2D eigenvalue weighted by Crippen LogP contribution is -2.13. The molecule has 2 aromatic rings. The molecular weight excluding hydrogens is 296 g/mol. The minimum absolute atomic E-state index is 0.112. The van der Waals surface area contributed by atoms with Crippen LogP contribution >= 0.6 is 11.6 Å². The molecule has 0 atom stereocenters. The topological polar surface area (TPSA) is 72.2 Å². The summed E-state index contributed by atoms with van der Waals surface area (Å²) in [5.74, 6) is 0. The van der Waals surface area contributed by atoms with Crippen molar-refractivity contribution in [3.05, 3.63) is 58.6 Å². The molecule has 2 rings (SSSR count). The third-order valence-electron chi connectivity index (χ3n) is 2.83. The second-order valence-electron chi connectivity index (χ2n) is 4.43. The van der Waals surface area contributed by atoms with Crippen LogP contribution in [0.3, 0.4) is 0 Å². The van der Waals surface area contributed by atoms with E-state index in [1.807, 2.05) is 13.0 Å². The predicted octanol–water partition coefficient (Wildman–Crippen LogP) is 2.91. The third-order valence-corrected chi connectivity index (χ3v) is 4.56. The zero-order valence-electron chi connectivity index (χ0n) is 10.9. The Morgan fingerprint density at radius 3 is 2.55 bits per heavy atom. The first-order valence-electron chi connectivity index (χ1n) is 6.00. The lowest BCUT2D eigenvalue weighted by atomic mass is 10.2. The molecule has 0 saturated carbocycles. The van der Waals surface area contributed by atoms with Gasteiger partial charge < -0.3 is 5.73 Å². The summed E-state index contributed by atoms with van der Waals surface area (Å²) in [6.07, 6.45) is 0. The summed E-state index contributed by atoms with van der Waals surface area (Å²) >= 11 is 5.99. The van der Waals surface area contributed by atoms with Gasteiger partial charge in [-0.1, -0.05) is 29.8 Å². The first-order chi connectivity index (χ1) is 9.42. The van der Waals surface area contributed by atoms with E-state index in [9.17, 15) is 8.42 Å². The predicted molar refractivity (Wildman–Crippen MR) is 81.3 cm³/mol. The molecule has 106 valence electrons. The van der Waals surface area contributed by atoms with Crippen LogP contribution in [0.25, 0.3) is 0 Å². The van der Waals surface area contributed by atoms with Gasteiger partial charge in [-0.2, -0.15) is 0 Å². The van der Waals surface area contributed by atoms with Gasteiger partial charge in [0, 0.05) is 17.3 Å². The molecule has 0 heterocycles. The number of nitrogens with one attached hydrogen (secondary N) is 1. The van der Waals surface area contributed by atoms with E-state index in [2.05, 4.69) is 4.72 Å². The molecule has 0 saturated heterocycles. The molecule has 0 spiro atoms. The van der Waals surface area contributed by atoms with E-state index < -0.39 is 10.0 Å². The zero-order chi connectivity index (χ0) is 14.8. The van der Waals surface area contributed by atoms with Crippen molar-refractivity contribution in [1.29, 1.82) is 0 Å². The van der Waals surface area contributed by atoms with Crippen LogP contribution < -0.4 is 10.5 Å². The number of sulfonamides is 1. The van der Waals surface area contributed by atoms with E-state index in [0.29, 0.717) is 16.3 Å². The van der Waals surface area contributed by atoms with Gasteiger partial charge in [0.15, 0.2) is 0 Å². The monoisotopic (exact) mass is 310 g/mol. The fourth-order valence-corrected chi connectivity index (χ4v) is 3.18. The Kier molecular flexibility index (Phi) is 4.32. The summed E-state index contributed by atoms with van der Waals surface area (Å²) in [6, 6.07) is 11.7. The van der Waals surface area contributed by atoms with Crippen LogP contribution in [-0.2, 0) is 16.6 Å². The average molecular weight is 311 g/mol. The van der Waals surface area contributed by atoms with E-state index in [-0.39, 0.29) is 11.4 Å². The van der Waals surface area contributed by atoms with Gasteiger partial charge in [-0.15, -0.1) is 0 Å². The van der Waals surface area contributed by atoms with Crippen molar-refractivity contribution < 1.29 is 8.42 Å². The Morgan fingerprint density at radius 2 is 1.95 bits per heavy atom. The average Bonchev–Trinajstić information content (AvgIpc) is 2.38. The number of hydrogen-bond acceptors (Lipinski definition) is 3. The number of benzene rings is 2. The van der Waals surface area contributed by atoms with Crippen LogP contribution in [0.5, 0.6) is 0 Å². The molecule has 4 nitrogen and oxygen atoms in total. The van der Waals surface area contributed by atoms with Gasteiger partial charge in [-0.25, -0.2) is 8.42 Å². The lowest BCUT2D eigenvalue weighted by Gasteiger charge is -2.10. The summed E-state index contributed by atoms with van der Waals surface area (Å²) in [5.41, 5.74) is 7.70. The van der Waals surface area contributed by atoms with Gasteiger partial charge in [-0.3, -0.25) is 4.72 Å². The highest BCUT2D eigenvalue weighted by atomic mass is 35.5. The molecular formula is C14H15ClN2O2S. The van der Waals surface area contributed by atoms with E-state index in [1.54, 1.807) is 24.3 Å². The highest BCUT2D eigenvalue weighted by Gasteiger charge is 2.15. The molecule has 0 aliphatic rings. The van der Waals surface area contributed by atoms with Crippen molar-refractivity contribution in [2.45, 2.75) is 18.4 Å². The van der Waals surface area contributed by atoms with Crippen LogP contribution in [-0.4, -0.2) is 8.42 Å². The summed E-state index contributed by atoms with van der Waals surface area (Å²) in [5, 5.41) is 0.347. The van der Waals surface area contributed by atoms with Crippen molar-refractivity contribution >= 4 is 27.3 Å². The van der Waals surface area contributed by atoms with Gasteiger partial charge in [-0.05, 0) is 42.3 Å². The summed E-state index contributed by atoms with van der Waals surface area (Å²) in [4.78, 5) is 0.112. The van der Waals surface area contributed by atoms with Crippen LogP contribution in [0.4, 0.5) is 5.69 Å². The fourth-order valence-electron chi connectivity index (χ4n) is 1.78. The summed E-state index contributed by atoms with van der Waals surface area (Å²) < 4.78 is 27.0. The number of nitrogens with two attached hydrogens (primary N) is 1. The Labute approximate surface area is 123 Å². The highest BCUT2D eigenvalue weighted by Crippen LogP contribution is 2.22. The summed E-state index contributed by atoms with van der Waals surface area (Å²) in [6.45, 7) is 2.16. The minimum atomic E-state index is -3.65. The molecule has 3 N–H and O–H groups in total. The molecule has 0 aromatic heterocycles. The van der Waals surface area contributed by atoms with Crippen molar-refractivity contribution in [2.75, 3.05) is 4.72 Å². The van der Waals surface area contributed by atoms with Crippen molar-refractivity contribution in [3.8, 4) is 0 Å². The van der Waals surface area contributed by atoms with Crippen LogP contribution in [0.15, 0.2) is 47.4 Å². The molecule has 0 unspecified atom stereocenters. The van der Waals surface area contributed by atoms with Crippen LogP contribution in [0.1, 0.15) is 11.1 Å². The second kappa shape index (κ2) is 5.83. The molecule has 20 heavy (non-hydrogen) atoms. The van der Waals surface area contributed by atoms with E-state index in [0.717, 1.165) is 5.56 Å². The lowest BCUT2D eigenvalue weighted by molar-refractivity contribution is 0.601. The van der Waals surface area contributed by atoms with E-state index in [1.165, 1.54) is 12.1 Å². The fraction of sp³-hybridized carbons (Fsp3) is 0.143. The zero-order valence-corrected chi connectivity index (χ0v) is 12.5. The SMILES string of the molecule is Cc1cccc(NS(=O)(=O)c2ccc(CN)c(Cl)c2)c1. The van der Waals surface area contributed by atoms with Crippen molar-refractivity contribution in [2.24, 2.45) is 5.73 Å². The Bertz CT molecular complexity index is 730. The van der Waals surface area contributed by atoms with Gasteiger partial charge in [0.2, 0.25) is 0 Å². The maximum Gasteiger partial charge on any atom is 0.261 e. The smallest absolute Gasteiger partial charge is 0.261 e. The Hall–Kier alpha value is -1.56. The number of anilines is 1. The van der Waals surface area contributed by atoms with E-state index in [4.69, 9.17) is 17.3 Å². The Balaban J connectivity index is 2.33. The van der Waals surface area contributed by atoms with Crippen LogP contribution in [0.2, 0.25) is 5.02 Å². The molecule has 0 bridgehead atoms. The highest BCUT2D eigenvalue weighted by molar-refractivity contribution is 7.92. The number of rotatable bonds is 4. The maximum atomic E-state index is 12.3. The maximum absolute atomic E-state index is 12.3. The quantitative estimate of drug-likeness (QED) is 0.912. The first kappa shape index (κ1) is 14.8. The summed E-state index contributed by atoms with van der Waals surface area (Å²) in [7, 11) is -3.65. The van der Waals surface area contributed by atoms with Gasteiger partial charge in [0.1, 0.15) is 0 Å². The number of aryl methyl sites for hydroxylation is 1. The molecule has 2 aromatic carbocycles. The van der Waals surface area contributed by atoms with Crippen molar-refractivity contribution in [1.82, 2.24) is 0 Å². The van der Waals surface area contributed by atoms with Crippen molar-refractivity contribution in [3.63, 3.8) is 0 Å². The Morgan fingerprint density at radius 1 is 1.20 bits per heavy atom. The second-order valence-corrected chi connectivity index (χ2v) is 6.52. The van der Waals surface area contributed by atoms with E-state index >= 15 is 0 Å².